The summed E-state index contributed by atoms with van der Waals surface area (Å²) in [5.41, 5.74) is 50.0. The summed E-state index contributed by atoms with van der Waals surface area (Å²) < 4.78 is 1.17. The van der Waals surface area contributed by atoms with Gasteiger partial charge in [0.25, 0.3) is 0 Å². The van der Waals surface area contributed by atoms with Gasteiger partial charge in [0.1, 0.15) is 6.29 Å². The molecule has 147 heavy (non-hydrogen) atoms. The molecule has 0 atom stereocenters. The molecule has 780 valence electrons. The summed E-state index contributed by atoms with van der Waals surface area (Å²) in [6.45, 7) is 85.3. The predicted octanol–water partition coefficient (Wildman–Crippen LogP) is 39.6. The number of rotatable bonds is 15. The largest absolute Gasteiger partial charge is 1.00 e. The van der Waals surface area contributed by atoms with Crippen molar-refractivity contribution in [3.05, 3.63) is 411 Å². The number of hydrogen-bond acceptors (Lipinski definition) is 4. The molecule has 0 bridgehead atoms. The molecule has 0 aliphatic heterocycles. The number of halogens is 1. The van der Waals surface area contributed by atoms with E-state index in [4.69, 9.17) is 5.26 Å². The molecule has 0 N–H and O–H groups in total. The molecule has 7 aromatic rings. The van der Waals surface area contributed by atoms with Gasteiger partial charge in [-0.2, -0.15) is 5.26 Å². The van der Waals surface area contributed by atoms with Crippen LogP contribution in [0.1, 0.15) is 447 Å². The quantitative estimate of drug-likeness (QED) is 0.0195. The third-order valence-corrected chi connectivity index (χ3v) is 29.9. The molecule has 0 fully saturated rings. The van der Waals surface area contributed by atoms with E-state index in [0.29, 0.717) is 0 Å². The van der Waals surface area contributed by atoms with Crippen molar-refractivity contribution in [2.75, 3.05) is 0 Å². The second-order valence-corrected chi connectivity index (χ2v) is 46.4. The van der Waals surface area contributed by atoms with Crippen molar-refractivity contribution in [2.45, 2.75) is 367 Å². The van der Waals surface area contributed by atoms with Crippen molar-refractivity contribution in [1.82, 2.24) is 0 Å². The Morgan fingerprint density at radius 3 is 0.748 bits per heavy atom. The molecule has 0 aromatic heterocycles. The van der Waals surface area contributed by atoms with Crippen molar-refractivity contribution in [1.29, 1.82) is 5.26 Å². The first kappa shape index (κ1) is 130. The molecule has 6 heteroatoms. The van der Waals surface area contributed by atoms with Gasteiger partial charge in [0.15, 0.2) is 11.6 Å². The fraction of sp³-hybridized carbons (Fsp3) is 0.390. The maximum atomic E-state index is 11.4. The van der Waals surface area contributed by atoms with Gasteiger partial charge in [-0.1, -0.05) is 357 Å². The maximum Gasteiger partial charge on any atom is 1.00 e. The zero-order valence-electron chi connectivity index (χ0n) is 97.8. The van der Waals surface area contributed by atoms with Crippen LogP contribution in [-0.2, 0) is 47.5 Å². The minimum absolute atomic E-state index is 0. The number of carbonyl (C=O) groups excluding carboxylic acids is 3. The number of allylic oxidation sites excluding steroid dienone is 39. The Bertz CT molecular complexity index is 6260. The zero-order chi connectivity index (χ0) is 108. The van der Waals surface area contributed by atoms with Crippen LogP contribution in [0.2, 0.25) is 0 Å². The van der Waals surface area contributed by atoms with E-state index in [0.717, 1.165) is 91.1 Å². The fourth-order valence-electron chi connectivity index (χ4n) is 18.5. The van der Waals surface area contributed by atoms with Crippen molar-refractivity contribution in [2.24, 2.45) is 0 Å². The molecule has 0 spiro atoms. The van der Waals surface area contributed by atoms with E-state index in [1.807, 2.05) is 53.7 Å². The number of carbonyl (C=O) groups is 3. The van der Waals surface area contributed by atoms with E-state index in [1.165, 1.54) is 177 Å². The molecule has 4 nitrogen and oxygen atoms in total. The molecular formula is C141H185BrNNaO3. The Kier molecular flexibility index (Phi) is 51.9. The second-order valence-electron chi connectivity index (χ2n) is 45.5. The molecule has 0 radical (unpaired) electrons. The number of Topliss-reactive ketones (excluding diaryl/α,β-unsaturated/α-hetero) is 1. The number of nitriles is 1. The predicted molar refractivity (Wildman–Crippen MR) is 657 cm³/mol. The summed E-state index contributed by atoms with van der Waals surface area (Å²) in [4.78, 5) is 32.3. The molecule has 0 saturated carbocycles. The number of fused-ring (bicyclic) bond motifs is 7. The summed E-state index contributed by atoms with van der Waals surface area (Å²) in [6.07, 6.45) is 56.7. The van der Waals surface area contributed by atoms with Gasteiger partial charge in [0, 0.05) is 16.1 Å². The average Bonchev–Trinajstić information content (AvgIpc) is 0.774. The van der Waals surface area contributed by atoms with Gasteiger partial charge in [0.05, 0.1) is 6.07 Å². The Hall–Kier alpha value is -10.7. The van der Waals surface area contributed by atoms with Gasteiger partial charge < -0.3 is 1.43 Å². The van der Waals surface area contributed by atoms with Gasteiger partial charge in [-0.3, -0.25) is 14.4 Å². The van der Waals surface area contributed by atoms with Crippen molar-refractivity contribution in [3.63, 3.8) is 0 Å². The number of nitrogens with zero attached hydrogens (tertiary/aromatic N) is 1. The van der Waals surface area contributed by atoms with Crippen molar-refractivity contribution >= 4 is 101 Å². The Morgan fingerprint density at radius 2 is 0.551 bits per heavy atom. The Labute approximate surface area is 928 Å². The van der Waals surface area contributed by atoms with Gasteiger partial charge >= 0.3 is 29.6 Å². The maximum absolute atomic E-state index is 11.4. The molecule has 0 amide bonds. The van der Waals surface area contributed by atoms with E-state index in [2.05, 4.69) is 467 Å². The van der Waals surface area contributed by atoms with Crippen molar-refractivity contribution in [3.8, 4) is 6.07 Å². The fourth-order valence-corrected chi connectivity index (χ4v) is 18.8. The molecular weight excluding hydrogens is 1860 g/mol. The first-order chi connectivity index (χ1) is 67.3. The standard InChI is InChI=1S/3C22H28.C17H19N.C17H20O.C15H18O.C13H15Br.C7H12O.C4H8.2CH4.Na.H/c3*1-7-16(2)9-8-10-17(3)19-11-12-21-20(15-19)18(4)13-14-22(21,5)6;2*1-12(8-10-18)14-5-6-16-15(11-14)13(2)7-9-17(16,3)4;1-10-7-8-15(3,4)14-6-5-12(11(2)16)9-13(10)14;1-9-6-7-13(2,3)12-5-4-10(14)8-11(9)12;1-4-6(2)5-7(3)8;1-4(2)3;;;;/h3*7-13,15H,14H2,1-6H3;5-8,11H,9H2,1-4H3;5-8,10-11H,9H2,1-4H3;5-7,9H,8H2,1-4H3;4-6,8H,7H2,1-3H3;5H,4H2,1-3H3;1H2,2-3H3;2*1H4;;/q;;;;;;;;;;;+1;-1/b3*9-8+,16-7+,17-10+;2*12-8+;;;6-5+;;;;;. The summed E-state index contributed by atoms with van der Waals surface area (Å²) in [5.74, 6) is 0.281. The van der Waals surface area contributed by atoms with E-state index in [9.17, 15) is 14.4 Å². The summed E-state index contributed by atoms with van der Waals surface area (Å²) in [5, 5.41) is 8.73. The van der Waals surface area contributed by atoms with Crippen LogP contribution in [0.5, 0.6) is 0 Å². The smallest absolute Gasteiger partial charge is 1.00 e. The van der Waals surface area contributed by atoms with Gasteiger partial charge in [0.2, 0.25) is 0 Å². The van der Waals surface area contributed by atoms with E-state index < -0.39 is 0 Å². The van der Waals surface area contributed by atoms with Crippen molar-refractivity contribution < 1.29 is 45.4 Å². The second kappa shape index (κ2) is 58.5. The van der Waals surface area contributed by atoms with Crippen LogP contribution in [0.25, 0.3) is 66.9 Å². The molecule has 7 aliphatic carbocycles. The molecule has 7 aromatic carbocycles. The third kappa shape index (κ3) is 37.8. The number of ketones is 2. The summed E-state index contributed by atoms with van der Waals surface area (Å²) in [7, 11) is 0. The third-order valence-electron chi connectivity index (χ3n) is 29.4. The van der Waals surface area contributed by atoms with Crippen LogP contribution in [-0.4, -0.2) is 17.9 Å². The van der Waals surface area contributed by atoms with Gasteiger partial charge in [-0.25, -0.2) is 0 Å². The Morgan fingerprint density at radius 1 is 0.347 bits per heavy atom. The van der Waals surface area contributed by atoms with Crippen LogP contribution in [0.15, 0.2) is 300 Å². The number of aldehydes is 1. The zero-order valence-corrected chi connectivity index (χ0v) is 100. The van der Waals surface area contributed by atoms with E-state index in [1.54, 1.807) is 32.1 Å². The van der Waals surface area contributed by atoms with Gasteiger partial charge in [-0.05, 0) is 482 Å². The van der Waals surface area contributed by atoms with Crippen LogP contribution < -0.4 is 29.6 Å². The molecule has 14 rings (SSSR count). The first-order valence-electron chi connectivity index (χ1n) is 52.1. The van der Waals surface area contributed by atoms with Gasteiger partial charge in [-0.15, -0.1) is 6.58 Å². The minimum atomic E-state index is 0. The Balaban J connectivity index is 0.000000572. The van der Waals surface area contributed by atoms with Crippen LogP contribution in [0, 0.1) is 11.3 Å². The van der Waals surface area contributed by atoms with Crippen LogP contribution in [0.4, 0.5) is 0 Å². The topological polar surface area (TPSA) is 75.0 Å². The summed E-state index contributed by atoms with van der Waals surface area (Å²) in [6, 6.07) is 48.7. The first-order valence-corrected chi connectivity index (χ1v) is 52.9. The number of benzene rings is 7. The minimum Gasteiger partial charge on any atom is -1.00 e. The molecule has 7 aliphatic rings. The number of hydrogen-bond donors (Lipinski definition) is 0. The SMILES string of the molecule is C.C.C/C=C(C)/C=C/C=C(\C)c1ccc2c(c1)C(C)=CCC2(C)C.C/C=C(C)/C=C/C=C(\C)c1ccc2c(c1)C(C)=CCC2(C)C.C/C=C(C)/C=C/C=C(\C)c1ccc2c(c1)C(C)=CCC2(C)C.C=C(C)C.CC(=O)c1ccc2c(c1)C(C)=CCC2(C)C.CC/C(C)=C/C(C)=O.CC1=CCC(C)(C)c2ccc(/C(C)=C/C#N)cc21.CC1=CCC(C)(C)c2ccc(/C(C)=C/C=O)cc21.CC1=CCC(C)(C)c2ccc(Br)cc21.[H-].[Na+]. The summed E-state index contributed by atoms with van der Waals surface area (Å²) >= 11 is 3.53. The van der Waals surface area contributed by atoms with E-state index >= 15 is 0 Å². The molecule has 0 heterocycles. The normalized spacial score (nSPS) is 17.1. The monoisotopic (exact) mass is 2040 g/mol. The van der Waals surface area contributed by atoms with E-state index in [-0.39, 0.29) is 95.3 Å². The molecule has 0 unspecified atom stereocenters. The average molecular weight is 2040 g/mol. The molecule has 0 saturated heterocycles. The van der Waals surface area contributed by atoms with Crippen LogP contribution >= 0.6 is 15.9 Å². The van der Waals surface area contributed by atoms with Crippen LogP contribution in [0.3, 0.4) is 0 Å².